The molecule has 1 unspecified atom stereocenters. The Morgan fingerprint density at radius 2 is 1.54 bits per heavy atom. The van der Waals surface area contributed by atoms with Crippen LogP contribution in [0, 0.1) is 13.8 Å². The van der Waals surface area contributed by atoms with Crippen LogP contribution in [0.25, 0.3) is 0 Å². The zero-order valence-electron chi connectivity index (χ0n) is 15.9. The van der Waals surface area contributed by atoms with Gasteiger partial charge in [-0.3, -0.25) is 9.80 Å². The van der Waals surface area contributed by atoms with Gasteiger partial charge in [0.25, 0.3) is 0 Å². The number of aryl methyl sites for hydroxylation is 2. The van der Waals surface area contributed by atoms with Crippen LogP contribution < -0.4 is 4.74 Å². The lowest BCUT2D eigenvalue weighted by Gasteiger charge is -2.35. The summed E-state index contributed by atoms with van der Waals surface area (Å²) in [4.78, 5) is 4.81. The molecule has 4 nitrogen and oxygen atoms in total. The van der Waals surface area contributed by atoms with Gasteiger partial charge in [0.05, 0.1) is 0 Å². The summed E-state index contributed by atoms with van der Waals surface area (Å²) >= 11 is 0. The second-order valence-electron chi connectivity index (χ2n) is 7.35. The summed E-state index contributed by atoms with van der Waals surface area (Å²) in [6.45, 7) is 10.2. The Morgan fingerprint density at radius 3 is 2.19 bits per heavy atom. The summed E-state index contributed by atoms with van der Waals surface area (Å²) in [7, 11) is 0. The lowest BCUT2D eigenvalue weighted by atomic mass is 10.1. The molecule has 1 N–H and O–H groups in total. The number of rotatable bonds is 7. The van der Waals surface area contributed by atoms with Gasteiger partial charge in [-0.2, -0.15) is 0 Å². The Kier molecular flexibility index (Phi) is 6.67. The van der Waals surface area contributed by atoms with Gasteiger partial charge >= 0.3 is 0 Å². The molecule has 140 valence electrons. The Balaban J connectivity index is 1.38. The molecule has 1 saturated heterocycles. The van der Waals surface area contributed by atoms with Gasteiger partial charge in [-0.05, 0) is 42.7 Å². The SMILES string of the molecule is Cc1cc(C)cc(OCC(O)CN2CCN(Cc3ccccc3)CC2)c1. The van der Waals surface area contributed by atoms with Crippen molar-refractivity contribution in [1.82, 2.24) is 9.80 Å². The zero-order valence-corrected chi connectivity index (χ0v) is 15.9. The first-order valence-corrected chi connectivity index (χ1v) is 9.46. The van der Waals surface area contributed by atoms with Gasteiger partial charge in [-0.25, -0.2) is 0 Å². The Labute approximate surface area is 157 Å². The van der Waals surface area contributed by atoms with Crippen molar-refractivity contribution in [3.63, 3.8) is 0 Å². The van der Waals surface area contributed by atoms with Crippen LogP contribution in [0.4, 0.5) is 0 Å². The molecule has 0 aromatic heterocycles. The minimum absolute atomic E-state index is 0.340. The first-order valence-electron chi connectivity index (χ1n) is 9.46. The fourth-order valence-corrected chi connectivity index (χ4v) is 3.53. The van der Waals surface area contributed by atoms with Crippen molar-refractivity contribution >= 4 is 0 Å². The molecule has 0 aliphatic carbocycles. The van der Waals surface area contributed by atoms with Crippen molar-refractivity contribution in [3.05, 3.63) is 65.2 Å². The van der Waals surface area contributed by atoms with E-state index in [0.717, 1.165) is 38.5 Å². The van der Waals surface area contributed by atoms with Crippen molar-refractivity contribution < 1.29 is 9.84 Å². The summed E-state index contributed by atoms with van der Waals surface area (Å²) in [5.41, 5.74) is 3.73. The summed E-state index contributed by atoms with van der Waals surface area (Å²) in [6, 6.07) is 16.8. The van der Waals surface area contributed by atoms with E-state index in [4.69, 9.17) is 4.74 Å². The molecule has 0 amide bonds. The van der Waals surface area contributed by atoms with Gasteiger partial charge in [0, 0.05) is 39.3 Å². The lowest BCUT2D eigenvalue weighted by molar-refractivity contribution is 0.0446. The van der Waals surface area contributed by atoms with Crippen LogP contribution in [0.3, 0.4) is 0 Å². The fourth-order valence-electron chi connectivity index (χ4n) is 3.53. The smallest absolute Gasteiger partial charge is 0.119 e. The molecule has 3 rings (SSSR count). The maximum absolute atomic E-state index is 10.3. The van der Waals surface area contributed by atoms with Crippen molar-refractivity contribution in [2.24, 2.45) is 0 Å². The highest BCUT2D eigenvalue weighted by Gasteiger charge is 2.19. The molecule has 1 atom stereocenters. The average molecular weight is 354 g/mol. The highest BCUT2D eigenvalue weighted by Crippen LogP contribution is 2.16. The summed E-state index contributed by atoms with van der Waals surface area (Å²) < 4.78 is 5.78. The second-order valence-corrected chi connectivity index (χ2v) is 7.35. The van der Waals surface area contributed by atoms with E-state index >= 15 is 0 Å². The third-order valence-corrected chi connectivity index (χ3v) is 4.82. The number of nitrogens with zero attached hydrogens (tertiary/aromatic N) is 2. The van der Waals surface area contributed by atoms with E-state index in [1.165, 1.54) is 16.7 Å². The molecule has 1 aliphatic rings. The van der Waals surface area contributed by atoms with E-state index in [2.05, 4.69) is 60.0 Å². The van der Waals surface area contributed by atoms with Crippen LogP contribution in [0.15, 0.2) is 48.5 Å². The van der Waals surface area contributed by atoms with Crippen LogP contribution in [-0.2, 0) is 6.54 Å². The van der Waals surface area contributed by atoms with Crippen LogP contribution in [0.5, 0.6) is 5.75 Å². The van der Waals surface area contributed by atoms with Gasteiger partial charge in [-0.1, -0.05) is 36.4 Å². The third kappa shape index (κ3) is 5.84. The maximum Gasteiger partial charge on any atom is 0.119 e. The van der Waals surface area contributed by atoms with E-state index in [-0.39, 0.29) is 0 Å². The van der Waals surface area contributed by atoms with E-state index in [0.29, 0.717) is 13.2 Å². The van der Waals surface area contributed by atoms with Crippen molar-refractivity contribution in [1.29, 1.82) is 0 Å². The van der Waals surface area contributed by atoms with Crippen molar-refractivity contribution in [2.45, 2.75) is 26.5 Å². The Morgan fingerprint density at radius 1 is 0.923 bits per heavy atom. The molecule has 1 heterocycles. The number of aliphatic hydroxyl groups excluding tert-OH is 1. The fraction of sp³-hybridized carbons (Fsp3) is 0.455. The van der Waals surface area contributed by atoms with Gasteiger partial charge in [0.1, 0.15) is 18.5 Å². The molecule has 1 aliphatic heterocycles. The second kappa shape index (κ2) is 9.17. The van der Waals surface area contributed by atoms with Crippen molar-refractivity contribution in [3.8, 4) is 5.75 Å². The van der Waals surface area contributed by atoms with Gasteiger partial charge < -0.3 is 9.84 Å². The molecule has 1 fully saturated rings. The number of benzene rings is 2. The molecule has 0 radical (unpaired) electrons. The van der Waals surface area contributed by atoms with Crippen LogP contribution in [0.1, 0.15) is 16.7 Å². The highest BCUT2D eigenvalue weighted by molar-refractivity contribution is 5.33. The Hall–Kier alpha value is -1.88. The largest absolute Gasteiger partial charge is 0.491 e. The summed E-state index contributed by atoms with van der Waals surface area (Å²) in [6.07, 6.45) is -0.462. The predicted molar refractivity (Wildman–Crippen MR) is 106 cm³/mol. The molecule has 0 saturated carbocycles. The quantitative estimate of drug-likeness (QED) is 0.829. The van der Waals surface area contributed by atoms with E-state index in [1.54, 1.807) is 0 Å². The first kappa shape index (κ1) is 18.9. The summed E-state index contributed by atoms with van der Waals surface area (Å²) in [5.74, 6) is 0.842. The van der Waals surface area contributed by atoms with Gasteiger partial charge in [-0.15, -0.1) is 0 Å². The monoisotopic (exact) mass is 354 g/mol. The topological polar surface area (TPSA) is 35.9 Å². The summed E-state index contributed by atoms with van der Waals surface area (Å²) in [5, 5.41) is 10.3. The lowest BCUT2D eigenvalue weighted by Crippen LogP contribution is -2.48. The standard InChI is InChI=1S/C22H30N2O2/c1-18-12-19(2)14-22(13-18)26-17-21(25)16-24-10-8-23(9-11-24)15-20-6-4-3-5-7-20/h3-7,12-14,21,25H,8-11,15-17H2,1-2H3. The predicted octanol–water partition coefficient (Wildman–Crippen LogP) is 2.86. The molecule has 26 heavy (non-hydrogen) atoms. The zero-order chi connectivity index (χ0) is 18.4. The average Bonchev–Trinajstić information content (AvgIpc) is 2.62. The van der Waals surface area contributed by atoms with Crippen molar-refractivity contribution in [2.75, 3.05) is 39.3 Å². The Bertz CT molecular complexity index is 662. The molecule has 0 spiro atoms. The van der Waals surface area contributed by atoms with Crippen LogP contribution in [-0.4, -0.2) is 60.3 Å². The van der Waals surface area contributed by atoms with E-state index in [9.17, 15) is 5.11 Å². The molecular formula is C22H30N2O2. The highest BCUT2D eigenvalue weighted by atomic mass is 16.5. The third-order valence-electron chi connectivity index (χ3n) is 4.82. The first-order chi connectivity index (χ1) is 12.6. The van der Waals surface area contributed by atoms with Gasteiger partial charge in [0.15, 0.2) is 0 Å². The van der Waals surface area contributed by atoms with Crippen LogP contribution in [0.2, 0.25) is 0 Å². The number of piperazine rings is 1. The molecule has 2 aromatic rings. The minimum atomic E-state index is -0.462. The number of ether oxygens (including phenoxy) is 1. The molecule has 2 aromatic carbocycles. The number of aliphatic hydroxyl groups is 1. The molecular weight excluding hydrogens is 324 g/mol. The minimum Gasteiger partial charge on any atom is -0.491 e. The molecule has 4 heteroatoms. The van der Waals surface area contributed by atoms with E-state index in [1.807, 2.05) is 12.1 Å². The molecule has 0 bridgehead atoms. The number of β-amino-alcohol motifs (C(OH)–C–C–N with tert-alkyl or cyclic N) is 1. The normalized spacial score (nSPS) is 17.2. The van der Waals surface area contributed by atoms with Crippen LogP contribution >= 0.6 is 0 Å². The van der Waals surface area contributed by atoms with Gasteiger partial charge in [0.2, 0.25) is 0 Å². The maximum atomic E-state index is 10.3. The number of hydrogen-bond acceptors (Lipinski definition) is 4. The van der Waals surface area contributed by atoms with E-state index < -0.39 is 6.10 Å². The number of hydrogen-bond donors (Lipinski definition) is 1.